The Balaban J connectivity index is 2.79. The lowest BCUT2D eigenvalue weighted by atomic mass is 10.2. The standard InChI is InChI=1S/C9H12N2/c1-8-7-9(3-2-5-10)4-6-11-8/h2-4,6-7H,5,10H2,1H3. The predicted octanol–water partition coefficient (Wildman–Crippen LogP) is 1.36. The molecule has 1 rings (SSSR count). The van der Waals surface area contributed by atoms with Crippen molar-refractivity contribution >= 4 is 6.08 Å². The van der Waals surface area contributed by atoms with E-state index in [1.807, 2.05) is 31.2 Å². The SMILES string of the molecule is Cc1cc(C=CCN)ccn1. The molecule has 0 fully saturated rings. The number of rotatable bonds is 2. The van der Waals surface area contributed by atoms with Crippen molar-refractivity contribution in [2.24, 2.45) is 5.73 Å². The second-order valence-electron chi connectivity index (χ2n) is 2.37. The van der Waals surface area contributed by atoms with Crippen molar-refractivity contribution in [3.05, 3.63) is 35.7 Å². The molecule has 0 saturated carbocycles. The summed E-state index contributed by atoms with van der Waals surface area (Å²) in [5.74, 6) is 0. The molecule has 1 aromatic heterocycles. The lowest BCUT2D eigenvalue weighted by Crippen LogP contribution is -1.92. The van der Waals surface area contributed by atoms with Gasteiger partial charge in [0.15, 0.2) is 0 Å². The highest BCUT2D eigenvalue weighted by atomic mass is 14.6. The van der Waals surface area contributed by atoms with Gasteiger partial charge in [0, 0.05) is 18.4 Å². The van der Waals surface area contributed by atoms with E-state index in [0.29, 0.717) is 6.54 Å². The number of hydrogen-bond acceptors (Lipinski definition) is 2. The third-order valence-electron chi connectivity index (χ3n) is 1.37. The molecule has 0 radical (unpaired) electrons. The van der Waals surface area contributed by atoms with Gasteiger partial charge in [-0.05, 0) is 24.6 Å². The Morgan fingerprint density at radius 3 is 3.09 bits per heavy atom. The molecule has 0 spiro atoms. The van der Waals surface area contributed by atoms with Crippen LogP contribution in [0.2, 0.25) is 0 Å². The summed E-state index contributed by atoms with van der Waals surface area (Å²) >= 11 is 0. The maximum Gasteiger partial charge on any atom is 0.0378 e. The number of pyridine rings is 1. The zero-order valence-electron chi connectivity index (χ0n) is 6.62. The van der Waals surface area contributed by atoms with E-state index in [1.165, 1.54) is 0 Å². The van der Waals surface area contributed by atoms with Crippen LogP contribution in [0.15, 0.2) is 24.4 Å². The monoisotopic (exact) mass is 148 g/mol. The van der Waals surface area contributed by atoms with Crippen LogP contribution in [0.5, 0.6) is 0 Å². The molecule has 58 valence electrons. The fourth-order valence-corrected chi connectivity index (χ4v) is 0.875. The van der Waals surface area contributed by atoms with E-state index >= 15 is 0 Å². The van der Waals surface area contributed by atoms with Crippen molar-refractivity contribution in [3.8, 4) is 0 Å². The van der Waals surface area contributed by atoms with Crippen molar-refractivity contribution in [2.45, 2.75) is 6.92 Å². The van der Waals surface area contributed by atoms with E-state index in [4.69, 9.17) is 5.73 Å². The second-order valence-corrected chi connectivity index (χ2v) is 2.37. The van der Waals surface area contributed by atoms with Crippen molar-refractivity contribution in [3.63, 3.8) is 0 Å². The molecular weight excluding hydrogens is 136 g/mol. The number of hydrogen-bond donors (Lipinski definition) is 1. The van der Waals surface area contributed by atoms with E-state index in [1.54, 1.807) is 6.20 Å². The Kier molecular flexibility index (Phi) is 2.81. The Morgan fingerprint density at radius 2 is 2.45 bits per heavy atom. The third kappa shape index (κ3) is 2.51. The molecule has 0 aliphatic rings. The molecule has 0 unspecified atom stereocenters. The predicted molar refractivity (Wildman–Crippen MR) is 47.1 cm³/mol. The second kappa shape index (κ2) is 3.88. The summed E-state index contributed by atoms with van der Waals surface area (Å²) in [7, 11) is 0. The molecule has 0 saturated heterocycles. The quantitative estimate of drug-likeness (QED) is 0.687. The van der Waals surface area contributed by atoms with Gasteiger partial charge in [0.05, 0.1) is 0 Å². The lowest BCUT2D eigenvalue weighted by Gasteiger charge is -1.93. The highest BCUT2D eigenvalue weighted by molar-refractivity contribution is 5.48. The molecule has 0 atom stereocenters. The Hall–Kier alpha value is -1.15. The van der Waals surface area contributed by atoms with E-state index in [9.17, 15) is 0 Å². The van der Waals surface area contributed by atoms with Gasteiger partial charge in [0.2, 0.25) is 0 Å². The Bertz CT molecular complexity index is 253. The topological polar surface area (TPSA) is 38.9 Å². The van der Waals surface area contributed by atoms with E-state index in [0.717, 1.165) is 11.3 Å². The summed E-state index contributed by atoms with van der Waals surface area (Å²) in [4.78, 5) is 4.08. The van der Waals surface area contributed by atoms with Gasteiger partial charge < -0.3 is 5.73 Å². The van der Waals surface area contributed by atoms with E-state index < -0.39 is 0 Å². The summed E-state index contributed by atoms with van der Waals surface area (Å²) in [6.45, 7) is 2.56. The fourth-order valence-electron chi connectivity index (χ4n) is 0.875. The van der Waals surface area contributed by atoms with Crippen LogP contribution >= 0.6 is 0 Å². The van der Waals surface area contributed by atoms with Gasteiger partial charge in [-0.2, -0.15) is 0 Å². The fraction of sp³-hybridized carbons (Fsp3) is 0.222. The number of aryl methyl sites for hydroxylation is 1. The normalized spacial score (nSPS) is 10.7. The molecule has 0 aliphatic carbocycles. The number of aromatic nitrogens is 1. The van der Waals surface area contributed by atoms with Crippen LogP contribution < -0.4 is 5.73 Å². The van der Waals surface area contributed by atoms with Crippen LogP contribution in [0.1, 0.15) is 11.3 Å². The first-order valence-corrected chi connectivity index (χ1v) is 3.62. The van der Waals surface area contributed by atoms with Crippen LogP contribution in [-0.2, 0) is 0 Å². The minimum Gasteiger partial charge on any atom is -0.327 e. The van der Waals surface area contributed by atoms with Gasteiger partial charge in [-0.25, -0.2) is 0 Å². The number of nitrogens with zero attached hydrogens (tertiary/aromatic N) is 1. The zero-order chi connectivity index (χ0) is 8.10. The van der Waals surface area contributed by atoms with Crippen LogP contribution in [0.4, 0.5) is 0 Å². The maximum absolute atomic E-state index is 5.31. The molecule has 2 nitrogen and oxygen atoms in total. The highest BCUT2D eigenvalue weighted by Crippen LogP contribution is 2.01. The van der Waals surface area contributed by atoms with Crippen molar-refractivity contribution in [1.29, 1.82) is 0 Å². The highest BCUT2D eigenvalue weighted by Gasteiger charge is 1.86. The third-order valence-corrected chi connectivity index (χ3v) is 1.37. The van der Waals surface area contributed by atoms with Gasteiger partial charge in [0.1, 0.15) is 0 Å². The van der Waals surface area contributed by atoms with Gasteiger partial charge in [-0.15, -0.1) is 0 Å². The van der Waals surface area contributed by atoms with Gasteiger partial charge in [-0.1, -0.05) is 12.2 Å². The first-order valence-electron chi connectivity index (χ1n) is 3.62. The Morgan fingerprint density at radius 1 is 1.64 bits per heavy atom. The first kappa shape index (κ1) is 7.95. The van der Waals surface area contributed by atoms with Crippen LogP contribution in [0, 0.1) is 6.92 Å². The largest absolute Gasteiger partial charge is 0.327 e. The van der Waals surface area contributed by atoms with Crippen LogP contribution in [0.25, 0.3) is 6.08 Å². The van der Waals surface area contributed by atoms with Gasteiger partial charge in [0.25, 0.3) is 0 Å². The minimum atomic E-state index is 0.585. The van der Waals surface area contributed by atoms with Crippen molar-refractivity contribution in [1.82, 2.24) is 4.98 Å². The van der Waals surface area contributed by atoms with E-state index in [-0.39, 0.29) is 0 Å². The molecule has 1 heterocycles. The van der Waals surface area contributed by atoms with Gasteiger partial charge >= 0.3 is 0 Å². The average molecular weight is 148 g/mol. The van der Waals surface area contributed by atoms with E-state index in [2.05, 4.69) is 4.98 Å². The van der Waals surface area contributed by atoms with Crippen molar-refractivity contribution in [2.75, 3.05) is 6.54 Å². The first-order chi connectivity index (χ1) is 5.33. The zero-order valence-corrected chi connectivity index (χ0v) is 6.62. The maximum atomic E-state index is 5.31. The summed E-state index contributed by atoms with van der Waals surface area (Å²) in [5, 5.41) is 0. The smallest absolute Gasteiger partial charge is 0.0378 e. The summed E-state index contributed by atoms with van der Waals surface area (Å²) in [6, 6.07) is 3.98. The number of nitrogens with two attached hydrogens (primary N) is 1. The molecule has 0 amide bonds. The van der Waals surface area contributed by atoms with Crippen LogP contribution in [-0.4, -0.2) is 11.5 Å². The molecule has 0 bridgehead atoms. The molecule has 11 heavy (non-hydrogen) atoms. The average Bonchev–Trinajstić information content (AvgIpc) is 2.01. The molecule has 0 aliphatic heterocycles. The van der Waals surface area contributed by atoms with Gasteiger partial charge in [-0.3, -0.25) is 4.98 Å². The minimum absolute atomic E-state index is 0.585. The molecule has 2 N–H and O–H groups in total. The summed E-state index contributed by atoms with van der Waals surface area (Å²) < 4.78 is 0. The summed E-state index contributed by atoms with van der Waals surface area (Å²) in [6.07, 6.45) is 5.72. The van der Waals surface area contributed by atoms with Crippen LogP contribution in [0.3, 0.4) is 0 Å². The summed E-state index contributed by atoms with van der Waals surface area (Å²) in [5.41, 5.74) is 7.50. The van der Waals surface area contributed by atoms with Crippen molar-refractivity contribution < 1.29 is 0 Å². The Labute approximate surface area is 66.8 Å². The lowest BCUT2D eigenvalue weighted by molar-refractivity contribution is 1.19. The molecule has 2 heteroatoms. The molecule has 1 aromatic rings. The molecule has 0 aromatic carbocycles. The molecular formula is C9H12N2.